The zero-order valence-electron chi connectivity index (χ0n) is 9.57. The van der Waals surface area contributed by atoms with E-state index in [1.54, 1.807) is 20.4 Å². The molecule has 5 heteroatoms. The van der Waals surface area contributed by atoms with Crippen LogP contribution in [0.15, 0.2) is 29.3 Å². The molecule has 0 bridgehead atoms. The van der Waals surface area contributed by atoms with Gasteiger partial charge in [0.2, 0.25) is 0 Å². The van der Waals surface area contributed by atoms with Gasteiger partial charge in [0.25, 0.3) is 0 Å². The third kappa shape index (κ3) is 2.72. The molecule has 90 valence electrons. The van der Waals surface area contributed by atoms with Crippen LogP contribution in [0.2, 0.25) is 5.15 Å². The summed E-state index contributed by atoms with van der Waals surface area (Å²) in [5.41, 5.74) is 1.66. The lowest BCUT2D eigenvalue weighted by molar-refractivity contribution is 0.415. The highest BCUT2D eigenvalue weighted by Gasteiger charge is 2.03. The molecule has 2 rings (SSSR count). The predicted octanol–water partition coefficient (Wildman–Crippen LogP) is 2.12. The molecule has 0 aliphatic carbocycles. The third-order valence-electron chi connectivity index (χ3n) is 2.27. The van der Waals surface area contributed by atoms with Crippen LogP contribution in [0.5, 0.6) is 5.75 Å². The van der Waals surface area contributed by atoms with Crippen molar-refractivity contribution in [1.82, 2.24) is 4.98 Å². The average Bonchev–Trinajstić information content (AvgIpc) is 2.30. The summed E-state index contributed by atoms with van der Waals surface area (Å²) < 4.78 is 5.16. The molecule has 2 aromatic rings. The van der Waals surface area contributed by atoms with Gasteiger partial charge in [-0.1, -0.05) is 11.6 Å². The van der Waals surface area contributed by atoms with Crippen LogP contribution >= 0.6 is 11.6 Å². The number of aromatic nitrogens is 1. The normalized spacial score (nSPS) is 10.5. The van der Waals surface area contributed by atoms with Gasteiger partial charge in [-0.2, -0.15) is 0 Å². The first kappa shape index (κ1) is 13.4. The summed E-state index contributed by atoms with van der Waals surface area (Å²) in [7, 11) is 3.34. The second-order valence-electron chi connectivity index (χ2n) is 3.31. The summed E-state index contributed by atoms with van der Waals surface area (Å²) in [6.07, 6.45) is 1.69. The number of benzene rings is 1. The molecule has 4 nitrogen and oxygen atoms in total. The van der Waals surface area contributed by atoms with Crippen LogP contribution in [0.1, 0.15) is 5.56 Å². The quantitative estimate of drug-likeness (QED) is 0.607. The van der Waals surface area contributed by atoms with Gasteiger partial charge in [0.1, 0.15) is 10.9 Å². The van der Waals surface area contributed by atoms with Crippen LogP contribution in [0.25, 0.3) is 10.9 Å². The van der Waals surface area contributed by atoms with E-state index in [0.717, 1.165) is 22.2 Å². The van der Waals surface area contributed by atoms with Crippen LogP contribution in [-0.4, -0.2) is 30.8 Å². The highest BCUT2D eigenvalue weighted by molar-refractivity contribution is 6.32. The van der Waals surface area contributed by atoms with E-state index < -0.39 is 0 Å². The van der Waals surface area contributed by atoms with Crippen molar-refractivity contribution in [1.29, 1.82) is 0 Å². The van der Waals surface area contributed by atoms with Crippen molar-refractivity contribution in [2.75, 3.05) is 14.2 Å². The van der Waals surface area contributed by atoms with Gasteiger partial charge in [0.15, 0.2) is 0 Å². The van der Waals surface area contributed by atoms with Gasteiger partial charge in [-0.25, -0.2) is 4.98 Å². The minimum atomic E-state index is 0. The van der Waals surface area contributed by atoms with Crippen LogP contribution in [-0.2, 0) is 0 Å². The Bertz CT molecular complexity index is 555. The van der Waals surface area contributed by atoms with E-state index in [-0.39, 0.29) is 5.48 Å². The molecule has 0 aliphatic rings. The van der Waals surface area contributed by atoms with E-state index in [0.29, 0.717) is 5.15 Å². The largest absolute Gasteiger partial charge is 0.497 e. The fraction of sp³-hybridized carbons (Fsp3) is 0.167. The lowest BCUT2D eigenvalue weighted by atomic mass is 10.1. The molecule has 2 N–H and O–H groups in total. The number of ether oxygens (including phenoxy) is 1. The van der Waals surface area contributed by atoms with Crippen LogP contribution in [0.3, 0.4) is 0 Å². The second kappa shape index (κ2) is 5.61. The van der Waals surface area contributed by atoms with Crippen molar-refractivity contribution in [2.24, 2.45) is 4.99 Å². The molecular weight excluding hydrogens is 240 g/mol. The Labute approximate surface area is 104 Å². The molecule has 1 aromatic carbocycles. The van der Waals surface area contributed by atoms with Crippen molar-refractivity contribution in [3.8, 4) is 5.75 Å². The molecule has 1 aromatic heterocycles. The molecule has 0 spiro atoms. The minimum Gasteiger partial charge on any atom is -0.497 e. The van der Waals surface area contributed by atoms with Crippen molar-refractivity contribution in [2.45, 2.75) is 0 Å². The summed E-state index contributed by atoms with van der Waals surface area (Å²) in [5.74, 6) is 0.802. The number of methoxy groups -OCH3 is 1. The highest BCUT2D eigenvalue weighted by atomic mass is 35.5. The number of pyridine rings is 1. The molecule has 1 heterocycles. The molecule has 0 saturated heterocycles. The van der Waals surface area contributed by atoms with Gasteiger partial charge in [0.05, 0.1) is 12.6 Å². The molecule has 0 saturated carbocycles. The number of hydrogen-bond acceptors (Lipinski definition) is 3. The zero-order chi connectivity index (χ0) is 11.5. The minimum absolute atomic E-state index is 0. The zero-order valence-corrected chi connectivity index (χ0v) is 10.3. The van der Waals surface area contributed by atoms with E-state index in [4.69, 9.17) is 16.3 Å². The lowest BCUT2D eigenvalue weighted by Crippen LogP contribution is -1.90. The van der Waals surface area contributed by atoms with E-state index in [1.807, 2.05) is 24.3 Å². The number of fused-ring (bicyclic) bond motifs is 1. The van der Waals surface area contributed by atoms with Crippen LogP contribution < -0.4 is 4.74 Å². The Morgan fingerprint density at radius 1 is 1.35 bits per heavy atom. The Hall–Kier alpha value is -1.65. The van der Waals surface area contributed by atoms with Gasteiger partial charge in [-0.15, -0.1) is 0 Å². The summed E-state index contributed by atoms with van der Waals surface area (Å²) >= 11 is 6.02. The number of nitrogens with zero attached hydrogens (tertiary/aromatic N) is 2. The number of rotatable bonds is 2. The summed E-state index contributed by atoms with van der Waals surface area (Å²) in [6, 6.07) is 7.61. The molecule has 0 unspecified atom stereocenters. The predicted molar refractivity (Wildman–Crippen MR) is 70.4 cm³/mol. The number of halogens is 1. The topological polar surface area (TPSA) is 66.0 Å². The summed E-state index contributed by atoms with van der Waals surface area (Å²) in [5, 5.41) is 1.45. The van der Waals surface area contributed by atoms with Crippen molar-refractivity contribution >= 4 is 28.7 Å². The molecule has 17 heavy (non-hydrogen) atoms. The first-order chi connectivity index (χ1) is 7.74. The SMILES string of the molecule is C/N=C\c1cc2cc(OC)ccc2nc1Cl.O. The number of aliphatic imine (C=N–C) groups is 1. The molecule has 0 radical (unpaired) electrons. The number of hydrogen-bond donors (Lipinski definition) is 0. The Balaban J connectivity index is 0.00000144. The summed E-state index contributed by atoms with van der Waals surface area (Å²) in [4.78, 5) is 8.22. The average molecular weight is 253 g/mol. The fourth-order valence-corrected chi connectivity index (χ4v) is 1.70. The van der Waals surface area contributed by atoms with E-state index in [2.05, 4.69) is 9.98 Å². The van der Waals surface area contributed by atoms with Gasteiger partial charge < -0.3 is 10.2 Å². The maximum Gasteiger partial charge on any atom is 0.138 e. The van der Waals surface area contributed by atoms with Crippen molar-refractivity contribution in [3.63, 3.8) is 0 Å². The Morgan fingerprint density at radius 3 is 2.76 bits per heavy atom. The first-order valence-electron chi connectivity index (χ1n) is 4.81. The van der Waals surface area contributed by atoms with Crippen LogP contribution in [0.4, 0.5) is 0 Å². The third-order valence-corrected chi connectivity index (χ3v) is 2.57. The summed E-state index contributed by atoms with van der Waals surface area (Å²) in [6.45, 7) is 0. The molecule has 0 aliphatic heterocycles. The standard InChI is InChI=1S/C12H11ClN2O.H2O/c1-14-7-9-5-8-6-10(16-2)3-4-11(8)15-12(9)13;/h3-7H,1-2H3;1H2/b14-7-;. The first-order valence-corrected chi connectivity index (χ1v) is 5.19. The van der Waals surface area contributed by atoms with Gasteiger partial charge >= 0.3 is 0 Å². The van der Waals surface area contributed by atoms with Gasteiger partial charge in [0, 0.05) is 24.2 Å². The molecule has 0 amide bonds. The monoisotopic (exact) mass is 252 g/mol. The van der Waals surface area contributed by atoms with Crippen molar-refractivity contribution < 1.29 is 10.2 Å². The van der Waals surface area contributed by atoms with E-state index in [1.165, 1.54) is 0 Å². The highest BCUT2D eigenvalue weighted by Crippen LogP contribution is 2.23. The molecular formula is C12H13ClN2O2. The van der Waals surface area contributed by atoms with Crippen LogP contribution in [0, 0.1) is 0 Å². The van der Waals surface area contributed by atoms with E-state index >= 15 is 0 Å². The van der Waals surface area contributed by atoms with Crippen molar-refractivity contribution in [3.05, 3.63) is 35.0 Å². The van der Waals surface area contributed by atoms with E-state index in [9.17, 15) is 0 Å². The smallest absolute Gasteiger partial charge is 0.138 e. The second-order valence-corrected chi connectivity index (χ2v) is 3.67. The maximum absolute atomic E-state index is 6.02. The maximum atomic E-state index is 6.02. The fourth-order valence-electron chi connectivity index (χ4n) is 1.50. The molecule has 0 atom stereocenters. The van der Waals surface area contributed by atoms with Gasteiger partial charge in [-0.05, 0) is 24.3 Å². The Morgan fingerprint density at radius 2 is 2.12 bits per heavy atom. The lowest BCUT2D eigenvalue weighted by Gasteiger charge is -2.04. The molecule has 0 fully saturated rings. The van der Waals surface area contributed by atoms with Gasteiger partial charge in [-0.3, -0.25) is 4.99 Å². The Kier molecular flexibility index (Phi) is 4.43.